The second kappa shape index (κ2) is 6.64. The first-order chi connectivity index (χ1) is 12.2. The highest BCUT2D eigenvalue weighted by Gasteiger charge is 2.34. The second-order valence-electron chi connectivity index (χ2n) is 6.59. The Hall–Kier alpha value is -2.73. The topological polar surface area (TPSA) is 80.0 Å². The molecule has 3 aromatic rings. The summed E-state index contributed by atoms with van der Waals surface area (Å²) in [6.07, 6.45) is 6.19. The summed E-state index contributed by atoms with van der Waals surface area (Å²) in [5, 5.41) is 18.4. The Kier molecular flexibility index (Phi) is 4.19. The van der Waals surface area contributed by atoms with E-state index in [1.54, 1.807) is 18.5 Å². The Morgan fingerprint density at radius 2 is 2.08 bits per heavy atom. The maximum Gasteiger partial charge on any atom is 0.252 e. The molecular weight excluding hydrogens is 316 g/mol. The lowest BCUT2D eigenvalue weighted by Gasteiger charge is -2.17. The Bertz CT molecular complexity index is 873. The Labute approximate surface area is 145 Å². The molecule has 2 N–H and O–H groups in total. The van der Waals surface area contributed by atoms with Gasteiger partial charge in [-0.15, -0.1) is 0 Å². The molecule has 0 aliphatic heterocycles. The van der Waals surface area contributed by atoms with Gasteiger partial charge in [0, 0.05) is 30.5 Å². The fraction of sp³-hybridized carbons (Fsp3) is 0.316. The van der Waals surface area contributed by atoms with E-state index in [1.165, 1.54) is 0 Å². The molecule has 6 nitrogen and oxygen atoms in total. The zero-order chi connectivity index (χ0) is 17.2. The lowest BCUT2D eigenvalue weighted by molar-refractivity contribution is 0.0874. The molecule has 0 spiro atoms. The van der Waals surface area contributed by atoms with Gasteiger partial charge >= 0.3 is 0 Å². The number of aliphatic hydroxyl groups is 1. The summed E-state index contributed by atoms with van der Waals surface area (Å²) in [5.74, 6) is 0.136. The number of para-hydroxylation sites is 1. The fourth-order valence-corrected chi connectivity index (χ4v) is 3.64. The van der Waals surface area contributed by atoms with Crippen LogP contribution in [0.25, 0.3) is 10.9 Å². The molecular formula is C19H20N4O2. The van der Waals surface area contributed by atoms with Crippen LogP contribution in [0.5, 0.6) is 0 Å². The van der Waals surface area contributed by atoms with Crippen LogP contribution in [0, 0.1) is 5.92 Å². The van der Waals surface area contributed by atoms with Gasteiger partial charge in [-0.05, 0) is 37.0 Å². The first-order valence-corrected chi connectivity index (χ1v) is 8.51. The third-order valence-electron chi connectivity index (χ3n) is 4.84. The Morgan fingerprint density at radius 1 is 1.20 bits per heavy atom. The van der Waals surface area contributed by atoms with Gasteiger partial charge in [-0.1, -0.05) is 18.2 Å². The number of hydrogen-bond donors (Lipinski definition) is 2. The number of aromatic nitrogens is 3. The number of pyridine rings is 1. The minimum Gasteiger partial charge on any atom is -0.391 e. The molecule has 1 unspecified atom stereocenters. The molecule has 1 aliphatic rings. The highest BCUT2D eigenvalue weighted by Crippen LogP contribution is 2.28. The van der Waals surface area contributed by atoms with Crippen molar-refractivity contribution in [3.63, 3.8) is 0 Å². The van der Waals surface area contributed by atoms with Gasteiger partial charge in [0.25, 0.3) is 5.91 Å². The highest BCUT2D eigenvalue weighted by atomic mass is 16.3. The number of aliphatic hydroxyl groups excluding tert-OH is 1. The molecule has 1 amide bonds. The molecule has 1 fully saturated rings. The molecule has 25 heavy (non-hydrogen) atoms. The number of hydrogen-bond acceptors (Lipinski definition) is 4. The second-order valence-corrected chi connectivity index (χ2v) is 6.59. The number of rotatable bonds is 4. The average Bonchev–Trinajstić information content (AvgIpc) is 3.25. The lowest BCUT2D eigenvalue weighted by atomic mass is 10.1. The van der Waals surface area contributed by atoms with E-state index in [9.17, 15) is 9.90 Å². The van der Waals surface area contributed by atoms with Crippen molar-refractivity contribution in [2.75, 3.05) is 0 Å². The van der Waals surface area contributed by atoms with Crippen molar-refractivity contribution in [3.05, 3.63) is 60.6 Å². The van der Waals surface area contributed by atoms with E-state index in [1.807, 2.05) is 41.2 Å². The molecule has 1 aromatic carbocycles. The minimum absolute atomic E-state index is 0.164. The quantitative estimate of drug-likeness (QED) is 0.764. The molecule has 0 saturated heterocycles. The molecule has 4 rings (SSSR count). The summed E-state index contributed by atoms with van der Waals surface area (Å²) in [4.78, 5) is 17.0. The molecule has 0 bridgehead atoms. The van der Waals surface area contributed by atoms with Crippen LogP contribution in [-0.4, -0.2) is 37.9 Å². The maximum absolute atomic E-state index is 12.7. The summed E-state index contributed by atoms with van der Waals surface area (Å²) < 4.78 is 1.87. The summed E-state index contributed by atoms with van der Waals surface area (Å²) in [6.45, 7) is 0.759. The summed E-state index contributed by atoms with van der Waals surface area (Å²) in [6, 6.07) is 10.9. The number of carbonyl (C=O) groups is 1. The third-order valence-corrected chi connectivity index (χ3v) is 4.84. The van der Waals surface area contributed by atoms with E-state index in [-0.39, 0.29) is 11.9 Å². The number of nitrogens with zero attached hydrogens (tertiary/aromatic N) is 3. The van der Waals surface area contributed by atoms with E-state index < -0.39 is 6.10 Å². The summed E-state index contributed by atoms with van der Waals surface area (Å²) >= 11 is 0. The first kappa shape index (κ1) is 15.8. The summed E-state index contributed by atoms with van der Waals surface area (Å²) in [7, 11) is 0. The van der Waals surface area contributed by atoms with Crippen LogP contribution in [0.4, 0.5) is 0 Å². The van der Waals surface area contributed by atoms with E-state index in [0.717, 1.165) is 23.9 Å². The van der Waals surface area contributed by atoms with Crippen molar-refractivity contribution in [2.24, 2.45) is 5.92 Å². The van der Waals surface area contributed by atoms with Crippen LogP contribution in [-0.2, 0) is 6.54 Å². The number of carbonyl (C=O) groups excluding carboxylic acids is 1. The van der Waals surface area contributed by atoms with Crippen LogP contribution in [0.3, 0.4) is 0 Å². The average molecular weight is 336 g/mol. The van der Waals surface area contributed by atoms with Crippen LogP contribution in [0.2, 0.25) is 0 Å². The summed E-state index contributed by atoms with van der Waals surface area (Å²) in [5.41, 5.74) is 1.38. The zero-order valence-electron chi connectivity index (χ0n) is 13.7. The normalized spacial score (nSPS) is 23.0. The minimum atomic E-state index is -0.530. The molecule has 3 atom stereocenters. The molecule has 0 radical (unpaired) electrons. The van der Waals surface area contributed by atoms with Crippen molar-refractivity contribution < 1.29 is 9.90 Å². The molecule has 1 saturated carbocycles. The van der Waals surface area contributed by atoms with E-state index in [0.29, 0.717) is 17.9 Å². The van der Waals surface area contributed by atoms with Crippen molar-refractivity contribution in [2.45, 2.75) is 31.5 Å². The van der Waals surface area contributed by atoms with Gasteiger partial charge in [-0.2, -0.15) is 5.10 Å². The predicted molar refractivity (Wildman–Crippen MR) is 94.0 cm³/mol. The SMILES string of the molecule is O=C(N[C@@H]1CC(Cn2cccn2)C[C@H]1O)c1ccnc2ccccc12. The number of amides is 1. The number of nitrogens with one attached hydrogen (secondary N) is 1. The zero-order valence-corrected chi connectivity index (χ0v) is 13.7. The third kappa shape index (κ3) is 3.25. The molecule has 2 aromatic heterocycles. The van der Waals surface area contributed by atoms with Gasteiger partial charge in [0.1, 0.15) is 0 Å². The van der Waals surface area contributed by atoms with Gasteiger partial charge in [-0.3, -0.25) is 14.5 Å². The maximum atomic E-state index is 12.7. The molecule has 1 aliphatic carbocycles. The number of fused-ring (bicyclic) bond motifs is 1. The Morgan fingerprint density at radius 3 is 2.92 bits per heavy atom. The standard InChI is InChI=1S/C19H20N4O2/c24-18-11-13(12-23-9-3-7-21-23)10-17(18)22-19(25)15-6-8-20-16-5-2-1-4-14(15)16/h1-9,13,17-18,24H,10-12H2,(H,22,25)/t13?,17-,18-/m1/s1. The predicted octanol–water partition coefficient (Wildman–Crippen LogP) is 2.00. The van der Waals surface area contributed by atoms with Crippen LogP contribution in [0.15, 0.2) is 55.0 Å². The molecule has 2 heterocycles. The number of benzene rings is 1. The van der Waals surface area contributed by atoms with E-state index in [2.05, 4.69) is 15.4 Å². The van der Waals surface area contributed by atoms with Crippen molar-refractivity contribution in [1.29, 1.82) is 0 Å². The van der Waals surface area contributed by atoms with Crippen LogP contribution in [0.1, 0.15) is 23.2 Å². The van der Waals surface area contributed by atoms with Gasteiger partial charge in [0.2, 0.25) is 0 Å². The molecule has 128 valence electrons. The molecule has 6 heteroatoms. The van der Waals surface area contributed by atoms with Crippen molar-refractivity contribution in [3.8, 4) is 0 Å². The smallest absolute Gasteiger partial charge is 0.252 e. The van der Waals surface area contributed by atoms with Crippen molar-refractivity contribution >= 4 is 16.8 Å². The van der Waals surface area contributed by atoms with Gasteiger partial charge in [-0.25, -0.2) is 0 Å². The van der Waals surface area contributed by atoms with Gasteiger partial charge < -0.3 is 10.4 Å². The fourth-order valence-electron chi connectivity index (χ4n) is 3.64. The Balaban J connectivity index is 1.47. The monoisotopic (exact) mass is 336 g/mol. The highest BCUT2D eigenvalue weighted by molar-refractivity contribution is 6.06. The largest absolute Gasteiger partial charge is 0.391 e. The van der Waals surface area contributed by atoms with E-state index in [4.69, 9.17) is 0 Å². The lowest BCUT2D eigenvalue weighted by Crippen LogP contribution is -2.40. The first-order valence-electron chi connectivity index (χ1n) is 8.51. The van der Waals surface area contributed by atoms with Crippen molar-refractivity contribution in [1.82, 2.24) is 20.1 Å². The van der Waals surface area contributed by atoms with Gasteiger partial charge in [0.05, 0.1) is 23.2 Å². The van der Waals surface area contributed by atoms with E-state index >= 15 is 0 Å². The van der Waals surface area contributed by atoms with Crippen LogP contribution < -0.4 is 5.32 Å². The van der Waals surface area contributed by atoms with Crippen LogP contribution >= 0.6 is 0 Å². The van der Waals surface area contributed by atoms with Gasteiger partial charge in [0.15, 0.2) is 0 Å².